The molecule has 0 aliphatic carbocycles. The molecule has 0 spiro atoms. The summed E-state index contributed by atoms with van der Waals surface area (Å²) in [5.74, 6) is 0. The summed E-state index contributed by atoms with van der Waals surface area (Å²) in [6.45, 7) is 0. The molecule has 0 nitrogen and oxygen atoms in total. The fraction of sp³-hybridized carbons (Fsp3) is 1.00. The maximum Gasteiger partial charge on any atom is 0.389 e. The number of unbranched alkanes of at least 4 members (excludes halogenated alkanes) is 14. The Bertz CT molecular complexity index is 266. The normalized spacial score (nSPS) is 12.7. The minimum absolute atomic E-state index is 0.288. The zero-order chi connectivity index (χ0) is 19.0. The Kier molecular flexibility index (Phi) is 16.4. The van der Waals surface area contributed by atoms with Gasteiger partial charge in [-0.05, 0) is 12.5 Å². The van der Waals surface area contributed by atoms with E-state index in [2.05, 4.69) is 0 Å². The van der Waals surface area contributed by atoms with E-state index >= 15 is 0 Å². The molecule has 25 heavy (non-hydrogen) atoms. The Labute approximate surface area is 167 Å². The predicted molar refractivity (Wildman–Crippen MR) is 108 cm³/mol. The summed E-state index contributed by atoms with van der Waals surface area (Å²) >= 11 is 17.5. The van der Waals surface area contributed by atoms with Gasteiger partial charge in [0.25, 0.3) is 0 Å². The standard InChI is InChI=1S/C18H34Cl3F3Si/c19-25(20,21)17-15-13-11-9-7-5-3-1-2-4-6-8-10-12-14-16-18(22,23)24/h1-17H2. The fourth-order valence-corrected chi connectivity index (χ4v) is 4.80. The van der Waals surface area contributed by atoms with E-state index in [1.54, 1.807) is 0 Å². The molecule has 0 radical (unpaired) electrons. The zero-order valence-electron chi connectivity index (χ0n) is 15.3. The monoisotopic (exact) mass is 440 g/mol. The molecule has 0 unspecified atom stereocenters. The largest absolute Gasteiger partial charge is 0.389 e. The van der Waals surface area contributed by atoms with Crippen molar-refractivity contribution >= 4 is 39.2 Å². The van der Waals surface area contributed by atoms with Crippen molar-refractivity contribution in [3.8, 4) is 0 Å². The van der Waals surface area contributed by atoms with Gasteiger partial charge in [0.05, 0.1) is 0 Å². The Morgan fingerprint density at radius 1 is 0.480 bits per heavy atom. The highest BCUT2D eigenvalue weighted by Gasteiger charge is 2.25. The zero-order valence-corrected chi connectivity index (χ0v) is 18.6. The quantitative estimate of drug-likeness (QED) is 0.120. The number of rotatable bonds is 17. The smallest absolute Gasteiger partial charge is 0.171 e. The molecular formula is C18H34Cl3F3Si. The van der Waals surface area contributed by atoms with Crippen molar-refractivity contribution in [1.82, 2.24) is 0 Å². The van der Waals surface area contributed by atoms with Gasteiger partial charge >= 0.3 is 12.2 Å². The second kappa shape index (κ2) is 15.9. The van der Waals surface area contributed by atoms with Crippen molar-refractivity contribution in [1.29, 1.82) is 0 Å². The van der Waals surface area contributed by atoms with Crippen molar-refractivity contribution in [2.45, 2.75) is 115 Å². The molecule has 0 saturated carbocycles. The first-order valence-electron chi connectivity index (χ1n) is 9.84. The van der Waals surface area contributed by atoms with Crippen molar-refractivity contribution < 1.29 is 13.2 Å². The van der Waals surface area contributed by atoms with Gasteiger partial charge in [0.1, 0.15) is 0 Å². The van der Waals surface area contributed by atoms with Gasteiger partial charge in [-0.25, -0.2) is 0 Å². The summed E-state index contributed by atoms with van der Waals surface area (Å²) in [7, 11) is 0. The maximum absolute atomic E-state index is 12.0. The van der Waals surface area contributed by atoms with E-state index in [9.17, 15) is 13.2 Å². The summed E-state index contributed by atoms with van der Waals surface area (Å²) in [4.78, 5) is 0. The molecule has 0 rings (SSSR count). The Morgan fingerprint density at radius 2 is 0.760 bits per heavy atom. The van der Waals surface area contributed by atoms with Crippen molar-refractivity contribution in [3.63, 3.8) is 0 Å². The van der Waals surface area contributed by atoms with Crippen LogP contribution in [-0.2, 0) is 0 Å². The average molecular weight is 442 g/mol. The first-order chi connectivity index (χ1) is 11.7. The van der Waals surface area contributed by atoms with Crippen LogP contribution in [0.4, 0.5) is 13.2 Å². The Hall–Kier alpha value is 0.877. The van der Waals surface area contributed by atoms with E-state index in [0.29, 0.717) is 6.42 Å². The van der Waals surface area contributed by atoms with E-state index in [4.69, 9.17) is 33.2 Å². The lowest BCUT2D eigenvalue weighted by Gasteiger charge is -2.07. The predicted octanol–water partition coefficient (Wildman–Crippen LogP) is 9.45. The van der Waals surface area contributed by atoms with Crippen LogP contribution in [0.15, 0.2) is 0 Å². The van der Waals surface area contributed by atoms with Crippen LogP contribution in [0.2, 0.25) is 6.04 Å². The summed E-state index contributed by atoms with van der Waals surface area (Å²) in [6.07, 6.45) is 12.0. The van der Waals surface area contributed by atoms with Crippen molar-refractivity contribution in [2.24, 2.45) is 0 Å². The summed E-state index contributed by atoms with van der Waals surface area (Å²) < 4.78 is 35.9. The molecule has 152 valence electrons. The average Bonchev–Trinajstić information content (AvgIpc) is 2.48. The number of halogens is 6. The molecular weight excluding hydrogens is 408 g/mol. The minimum atomic E-state index is -3.98. The van der Waals surface area contributed by atoms with Gasteiger partial charge in [-0.1, -0.05) is 89.9 Å². The molecule has 0 aromatic heterocycles. The van der Waals surface area contributed by atoms with E-state index in [1.807, 2.05) is 0 Å². The molecule has 0 amide bonds. The highest BCUT2D eigenvalue weighted by molar-refractivity contribution is 7.64. The van der Waals surface area contributed by atoms with Gasteiger partial charge in [0.2, 0.25) is 0 Å². The molecule has 0 aromatic carbocycles. The van der Waals surface area contributed by atoms with Crippen LogP contribution in [0, 0.1) is 0 Å². The summed E-state index contributed by atoms with van der Waals surface area (Å²) in [5, 5.41) is 0. The van der Waals surface area contributed by atoms with Crippen LogP contribution >= 0.6 is 33.2 Å². The molecule has 0 fully saturated rings. The highest BCUT2D eigenvalue weighted by Crippen LogP contribution is 2.27. The van der Waals surface area contributed by atoms with Gasteiger partial charge in [-0.15, -0.1) is 33.2 Å². The van der Waals surface area contributed by atoms with Gasteiger partial charge in [-0.2, -0.15) is 13.2 Å². The second-order valence-corrected chi connectivity index (χ2v) is 16.3. The minimum Gasteiger partial charge on any atom is -0.171 e. The lowest BCUT2D eigenvalue weighted by molar-refractivity contribution is -0.135. The van der Waals surface area contributed by atoms with Gasteiger partial charge in [0.15, 0.2) is 0 Å². The maximum atomic E-state index is 12.0. The molecule has 0 aliphatic rings. The summed E-state index contributed by atoms with van der Waals surface area (Å²) in [5.41, 5.74) is 0. The lowest BCUT2D eigenvalue weighted by Crippen LogP contribution is -2.07. The molecule has 0 bridgehead atoms. The Balaban J connectivity index is 3.08. The molecule has 0 saturated heterocycles. The van der Waals surface area contributed by atoms with Crippen molar-refractivity contribution in [3.05, 3.63) is 0 Å². The third kappa shape index (κ3) is 24.9. The topological polar surface area (TPSA) is 0 Å². The van der Waals surface area contributed by atoms with Crippen LogP contribution in [0.1, 0.15) is 103 Å². The SMILES string of the molecule is FC(F)(F)CCCCCCCCCCCCCCCCC[Si](Cl)(Cl)Cl. The number of hydrogen-bond acceptors (Lipinski definition) is 0. The van der Waals surface area contributed by atoms with Crippen LogP contribution < -0.4 is 0 Å². The van der Waals surface area contributed by atoms with Gasteiger partial charge < -0.3 is 0 Å². The fourth-order valence-electron chi connectivity index (χ4n) is 2.95. The van der Waals surface area contributed by atoms with Crippen LogP contribution in [0.3, 0.4) is 0 Å². The molecule has 0 aromatic rings. The van der Waals surface area contributed by atoms with E-state index in [-0.39, 0.29) is 6.42 Å². The molecule has 0 heterocycles. The number of alkyl halides is 3. The van der Waals surface area contributed by atoms with Crippen LogP contribution in [-0.4, -0.2) is 12.2 Å². The number of hydrogen-bond donors (Lipinski definition) is 0. The Morgan fingerprint density at radius 3 is 1.04 bits per heavy atom. The van der Waals surface area contributed by atoms with E-state index < -0.39 is 18.6 Å². The van der Waals surface area contributed by atoms with E-state index in [1.165, 1.54) is 64.2 Å². The van der Waals surface area contributed by atoms with Crippen molar-refractivity contribution in [2.75, 3.05) is 0 Å². The third-order valence-corrected chi connectivity index (χ3v) is 7.04. The first kappa shape index (κ1) is 25.9. The molecule has 7 heteroatoms. The highest BCUT2D eigenvalue weighted by atomic mass is 35.8. The van der Waals surface area contributed by atoms with Crippen LogP contribution in [0.25, 0.3) is 0 Å². The molecule has 0 atom stereocenters. The van der Waals surface area contributed by atoms with Gasteiger partial charge in [-0.3, -0.25) is 0 Å². The third-order valence-electron chi connectivity index (χ3n) is 4.42. The van der Waals surface area contributed by atoms with E-state index in [0.717, 1.165) is 25.3 Å². The lowest BCUT2D eigenvalue weighted by atomic mass is 10.0. The van der Waals surface area contributed by atoms with Gasteiger partial charge in [0, 0.05) is 6.42 Å². The molecule has 0 aliphatic heterocycles. The molecule has 0 N–H and O–H groups in total. The second-order valence-electron chi connectivity index (χ2n) is 7.03. The van der Waals surface area contributed by atoms with Crippen LogP contribution in [0.5, 0.6) is 0 Å². The first-order valence-corrected chi connectivity index (χ1v) is 15.1. The summed E-state index contributed by atoms with van der Waals surface area (Å²) in [6, 6.07) is -1.62.